The van der Waals surface area contributed by atoms with E-state index in [0.717, 1.165) is 5.39 Å². The lowest BCUT2D eigenvalue weighted by Gasteiger charge is -1.99. The van der Waals surface area contributed by atoms with Crippen LogP contribution in [0.2, 0.25) is 0 Å². The Labute approximate surface area is 73.0 Å². The smallest absolute Gasteiger partial charge is 0.248 e. The van der Waals surface area contributed by atoms with Crippen LogP contribution < -0.4 is 11.3 Å². The van der Waals surface area contributed by atoms with E-state index in [1.165, 1.54) is 18.2 Å². The molecule has 0 unspecified atom stereocenters. The van der Waals surface area contributed by atoms with E-state index in [1.54, 1.807) is 6.07 Å². The molecule has 3 N–H and O–H groups in total. The molecule has 4 heteroatoms. The fraction of sp³-hybridized carbons (Fsp3) is 0. The molecule has 0 saturated carbocycles. The second-order valence-electron chi connectivity index (χ2n) is 2.78. The van der Waals surface area contributed by atoms with Gasteiger partial charge in [0.1, 0.15) is 5.82 Å². The average Bonchev–Trinajstić information content (AvgIpc) is 2.08. The third-order valence-electron chi connectivity index (χ3n) is 1.84. The molecule has 1 heterocycles. The van der Waals surface area contributed by atoms with Gasteiger partial charge >= 0.3 is 0 Å². The van der Waals surface area contributed by atoms with Crippen molar-refractivity contribution < 1.29 is 4.39 Å². The molecule has 1 aromatic heterocycles. The lowest BCUT2D eigenvalue weighted by molar-refractivity contribution is 0.634. The van der Waals surface area contributed by atoms with Crippen LogP contribution in [0.4, 0.5) is 10.1 Å². The van der Waals surface area contributed by atoms with Crippen molar-refractivity contribution in [2.24, 2.45) is 0 Å². The highest BCUT2D eigenvalue weighted by molar-refractivity contribution is 5.81. The van der Waals surface area contributed by atoms with Gasteiger partial charge in [0.2, 0.25) is 5.56 Å². The number of aromatic nitrogens is 1. The topological polar surface area (TPSA) is 58.9 Å². The molecule has 66 valence electrons. The number of hydrogen-bond acceptors (Lipinski definition) is 2. The first kappa shape index (κ1) is 7.79. The SMILES string of the molecule is Nc1cc2ccc(=O)[nH]c2cc1F. The van der Waals surface area contributed by atoms with Crippen LogP contribution in [0.1, 0.15) is 0 Å². The van der Waals surface area contributed by atoms with Gasteiger partial charge in [-0.1, -0.05) is 0 Å². The Morgan fingerprint density at radius 2 is 2.08 bits per heavy atom. The van der Waals surface area contributed by atoms with E-state index >= 15 is 0 Å². The molecule has 0 bridgehead atoms. The van der Waals surface area contributed by atoms with E-state index in [1.807, 2.05) is 0 Å². The summed E-state index contributed by atoms with van der Waals surface area (Å²) < 4.78 is 12.9. The second-order valence-corrected chi connectivity index (χ2v) is 2.78. The fourth-order valence-corrected chi connectivity index (χ4v) is 1.19. The zero-order valence-corrected chi connectivity index (χ0v) is 6.67. The van der Waals surface area contributed by atoms with Crippen LogP contribution in [-0.4, -0.2) is 4.98 Å². The van der Waals surface area contributed by atoms with Gasteiger partial charge in [0.15, 0.2) is 0 Å². The Morgan fingerprint density at radius 1 is 1.31 bits per heavy atom. The summed E-state index contributed by atoms with van der Waals surface area (Å²) in [5.41, 5.74) is 5.64. The fourth-order valence-electron chi connectivity index (χ4n) is 1.19. The normalized spacial score (nSPS) is 10.5. The molecule has 1 aromatic carbocycles. The second kappa shape index (κ2) is 2.58. The summed E-state index contributed by atoms with van der Waals surface area (Å²) in [5.74, 6) is -0.519. The predicted molar refractivity (Wildman–Crippen MR) is 48.9 cm³/mol. The number of pyridine rings is 1. The third kappa shape index (κ3) is 1.26. The number of fused-ring (bicyclic) bond motifs is 1. The number of halogens is 1. The zero-order valence-electron chi connectivity index (χ0n) is 6.67. The van der Waals surface area contributed by atoms with Gasteiger partial charge < -0.3 is 10.7 Å². The summed E-state index contributed by atoms with van der Waals surface area (Å²) >= 11 is 0. The van der Waals surface area contributed by atoms with Crippen LogP contribution in [0, 0.1) is 5.82 Å². The third-order valence-corrected chi connectivity index (χ3v) is 1.84. The number of nitrogen functional groups attached to an aromatic ring is 1. The molecule has 0 fully saturated rings. The maximum absolute atomic E-state index is 12.9. The Balaban J connectivity index is 2.89. The summed E-state index contributed by atoms with van der Waals surface area (Å²) in [4.78, 5) is 13.4. The Bertz CT molecular complexity index is 518. The Morgan fingerprint density at radius 3 is 2.85 bits per heavy atom. The molecule has 0 aliphatic rings. The van der Waals surface area contributed by atoms with Crippen molar-refractivity contribution in [2.75, 3.05) is 5.73 Å². The van der Waals surface area contributed by atoms with Gasteiger partial charge in [-0.3, -0.25) is 4.79 Å². The number of benzene rings is 1. The molecule has 0 amide bonds. The van der Waals surface area contributed by atoms with Gasteiger partial charge in [-0.25, -0.2) is 4.39 Å². The van der Waals surface area contributed by atoms with E-state index in [0.29, 0.717) is 5.52 Å². The van der Waals surface area contributed by atoms with E-state index in [2.05, 4.69) is 4.98 Å². The summed E-state index contributed by atoms with van der Waals surface area (Å²) in [6.45, 7) is 0. The molecule has 2 aromatic rings. The average molecular weight is 178 g/mol. The van der Waals surface area contributed by atoms with Crippen LogP contribution in [0.15, 0.2) is 29.1 Å². The molecule has 0 atom stereocenters. The molecule has 13 heavy (non-hydrogen) atoms. The minimum atomic E-state index is -0.519. The van der Waals surface area contributed by atoms with Crippen molar-refractivity contribution in [1.29, 1.82) is 0 Å². The number of nitrogens with one attached hydrogen (secondary N) is 1. The van der Waals surface area contributed by atoms with Gasteiger partial charge in [-0.15, -0.1) is 0 Å². The summed E-state index contributed by atoms with van der Waals surface area (Å²) in [7, 11) is 0. The maximum atomic E-state index is 12.9. The Hall–Kier alpha value is -1.84. The summed E-state index contributed by atoms with van der Waals surface area (Å²) in [5, 5.41) is 0.721. The van der Waals surface area contributed by atoms with Crippen LogP contribution in [0.5, 0.6) is 0 Å². The molecular weight excluding hydrogens is 171 g/mol. The first-order valence-corrected chi connectivity index (χ1v) is 3.75. The van der Waals surface area contributed by atoms with Crippen molar-refractivity contribution >= 4 is 16.6 Å². The predicted octanol–water partition coefficient (Wildman–Crippen LogP) is 1.25. The molecule has 0 spiro atoms. The standard InChI is InChI=1S/C9H7FN2O/c10-6-4-8-5(3-7(6)11)1-2-9(13)12-8/h1-4H,11H2,(H,12,13). The number of H-pyrrole nitrogens is 1. The number of hydrogen-bond donors (Lipinski definition) is 2. The van der Waals surface area contributed by atoms with Gasteiger partial charge in [0, 0.05) is 17.5 Å². The van der Waals surface area contributed by atoms with E-state index in [4.69, 9.17) is 5.73 Å². The quantitative estimate of drug-likeness (QED) is 0.596. The molecule has 0 saturated heterocycles. The highest BCUT2D eigenvalue weighted by atomic mass is 19.1. The lowest BCUT2D eigenvalue weighted by atomic mass is 10.2. The highest BCUT2D eigenvalue weighted by Crippen LogP contribution is 2.17. The van der Waals surface area contributed by atoms with Gasteiger partial charge in [0.25, 0.3) is 0 Å². The first-order chi connectivity index (χ1) is 6.16. The van der Waals surface area contributed by atoms with Gasteiger partial charge in [0.05, 0.1) is 11.2 Å². The van der Waals surface area contributed by atoms with Crippen molar-refractivity contribution in [2.45, 2.75) is 0 Å². The van der Waals surface area contributed by atoms with Crippen LogP contribution in [-0.2, 0) is 0 Å². The largest absolute Gasteiger partial charge is 0.396 e. The minimum absolute atomic E-state index is 0.0829. The maximum Gasteiger partial charge on any atom is 0.248 e. The highest BCUT2D eigenvalue weighted by Gasteiger charge is 2.00. The molecule has 0 aliphatic carbocycles. The van der Waals surface area contributed by atoms with E-state index in [9.17, 15) is 9.18 Å². The van der Waals surface area contributed by atoms with Crippen LogP contribution >= 0.6 is 0 Å². The van der Waals surface area contributed by atoms with Gasteiger partial charge in [-0.05, 0) is 12.1 Å². The molecule has 0 aliphatic heterocycles. The van der Waals surface area contributed by atoms with Crippen LogP contribution in [0.3, 0.4) is 0 Å². The molecule has 0 radical (unpaired) electrons. The van der Waals surface area contributed by atoms with Crippen molar-refractivity contribution in [3.63, 3.8) is 0 Å². The van der Waals surface area contributed by atoms with E-state index < -0.39 is 5.82 Å². The van der Waals surface area contributed by atoms with Crippen molar-refractivity contribution in [3.05, 3.63) is 40.4 Å². The summed E-state index contributed by atoms with van der Waals surface area (Å²) in [6.07, 6.45) is 0. The summed E-state index contributed by atoms with van der Waals surface area (Å²) in [6, 6.07) is 5.68. The van der Waals surface area contributed by atoms with Gasteiger partial charge in [-0.2, -0.15) is 0 Å². The zero-order chi connectivity index (χ0) is 9.42. The number of rotatable bonds is 0. The minimum Gasteiger partial charge on any atom is -0.396 e. The lowest BCUT2D eigenvalue weighted by Crippen LogP contribution is -2.03. The Kier molecular flexibility index (Phi) is 1.55. The number of anilines is 1. The number of aromatic amines is 1. The molecular formula is C9H7FN2O. The number of nitrogens with two attached hydrogens (primary N) is 1. The molecule has 3 nitrogen and oxygen atoms in total. The first-order valence-electron chi connectivity index (χ1n) is 3.75. The molecule has 2 rings (SSSR count). The van der Waals surface area contributed by atoms with E-state index in [-0.39, 0.29) is 11.2 Å². The van der Waals surface area contributed by atoms with Crippen molar-refractivity contribution in [3.8, 4) is 0 Å². The monoisotopic (exact) mass is 178 g/mol. The van der Waals surface area contributed by atoms with Crippen molar-refractivity contribution in [1.82, 2.24) is 4.98 Å². The van der Waals surface area contributed by atoms with Crippen LogP contribution in [0.25, 0.3) is 10.9 Å².